The Morgan fingerprint density at radius 1 is 1.33 bits per heavy atom. The highest BCUT2D eigenvalue weighted by Crippen LogP contribution is 2.35. The molecule has 2 N–H and O–H groups in total. The first-order valence-electron chi connectivity index (χ1n) is 7.77. The highest BCUT2D eigenvalue weighted by atomic mass is 16.5. The van der Waals surface area contributed by atoms with Crippen LogP contribution < -0.4 is 10.1 Å². The fraction of sp³-hybridized carbons (Fsp3) is 0.688. The number of pyridine rings is 1. The van der Waals surface area contributed by atoms with Gasteiger partial charge in [0, 0.05) is 12.7 Å². The molecule has 0 spiro atoms. The minimum absolute atomic E-state index is 0.115. The molecule has 1 saturated heterocycles. The van der Waals surface area contributed by atoms with Gasteiger partial charge in [-0.15, -0.1) is 0 Å². The molecule has 1 aromatic heterocycles. The predicted octanol–water partition coefficient (Wildman–Crippen LogP) is 0.881. The second-order valence-corrected chi connectivity index (χ2v) is 6.56. The van der Waals surface area contributed by atoms with Crippen LogP contribution in [0.5, 0.6) is 5.75 Å². The van der Waals surface area contributed by atoms with Crippen LogP contribution in [0, 0.1) is 11.8 Å². The number of ether oxygens (including phenoxy) is 1. The minimum atomic E-state index is -0.376. The minimum Gasteiger partial charge on any atom is -0.486 e. The summed E-state index contributed by atoms with van der Waals surface area (Å²) in [5, 5.41) is 13.8. The van der Waals surface area contributed by atoms with Crippen molar-refractivity contribution in [3.63, 3.8) is 0 Å². The van der Waals surface area contributed by atoms with E-state index in [0.717, 1.165) is 43.9 Å². The van der Waals surface area contributed by atoms with Gasteiger partial charge in [0.05, 0.1) is 11.8 Å². The number of rotatable bonds is 4. The van der Waals surface area contributed by atoms with E-state index in [1.165, 1.54) is 0 Å². The van der Waals surface area contributed by atoms with E-state index >= 15 is 0 Å². The van der Waals surface area contributed by atoms with Crippen molar-refractivity contribution in [1.82, 2.24) is 15.2 Å². The standard InChI is InChI=1S/C16H25N3O2/c1-19(2)10-13-15(4-3-5-18-13)21-16-7-12-9-17-8-11(12)6-14(16)20/h3-5,11-12,14,16-17,20H,6-10H2,1-2H3/t11-,12+,14+,16+/m0/s1. The molecule has 5 nitrogen and oxygen atoms in total. The van der Waals surface area contributed by atoms with Gasteiger partial charge in [0.15, 0.2) is 0 Å². The lowest BCUT2D eigenvalue weighted by Crippen LogP contribution is -2.42. The van der Waals surface area contributed by atoms with Crippen LogP contribution in [0.4, 0.5) is 0 Å². The van der Waals surface area contributed by atoms with Crippen LogP contribution in [0.15, 0.2) is 18.3 Å². The summed E-state index contributed by atoms with van der Waals surface area (Å²) in [6, 6.07) is 3.85. The number of aromatic nitrogens is 1. The highest BCUT2D eigenvalue weighted by Gasteiger charge is 2.40. The number of nitrogens with zero attached hydrogens (tertiary/aromatic N) is 2. The molecule has 2 fully saturated rings. The van der Waals surface area contributed by atoms with E-state index in [1.54, 1.807) is 6.20 Å². The third-order valence-electron chi connectivity index (χ3n) is 4.58. The van der Waals surface area contributed by atoms with Crippen LogP contribution in [0.2, 0.25) is 0 Å². The molecule has 0 radical (unpaired) electrons. The molecular weight excluding hydrogens is 266 g/mol. The van der Waals surface area contributed by atoms with Crippen LogP contribution in [0.1, 0.15) is 18.5 Å². The summed E-state index contributed by atoms with van der Waals surface area (Å²) in [4.78, 5) is 6.49. The van der Waals surface area contributed by atoms with Crippen molar-refractivity contribution < 1.29 is 9.84 Å². The van der Waals surface area contributed by atoms with E-state index in [2.05, 4.69) is 15.2 Å². The van der Waals surface area contributed by atoms with Crippen LogP contribution >= 0.6 is 0 Å². The molecule has 1 saturated carbocycles. The van der Waals surface area contributed by atoms with Crippen LogP contribution in [0.25, 0.3) is 0 Å². The molecule has 0 amide bonds. The van der Waals surface area contributed by atoms with Crippen molar-refractivity contribution in [2.75, 3.05) is 27.2 Å². The second kappa shape index (κ2) is 6.30. The quantitative estimate of drug-likeness (QED) is 0.862. The number of fused-ring (bicyclic) bond motifs is 1. The maximum atomic E-state index is 10.4. The SMILES string of the molecule is CN(C)Cc1ncccc1O[C@@H]1C[C@@H]2CNC[C@@H]2C[C@H]1O. The zero-order valence-electron chi connectivity index (χ0n) is 12.8. The number of hydrogen-bond donors (Lipinski definition) is 2. The summed E-state index contributed by atoms with van der Waals surface area (Å²) in [7, 11) is 4.03. The molecule has 21 heavy (non-hydrogen) atoms. The summed E-state index contributed by atoms with van der Waals surface area (Å²) in [6.45, 7) is 2.83. The number of aliphatic hydroxyl groups is 1. The normalized spacial score (nSPS) is 32.2. The summed E-state index contributed by atoms with van der Waals surface area (Å²) >= 11 is 0. The molecule has 1 aromatic rings. The van der Waals surface area contributed by atoms with Gasteiger partial charge in [-0.05, 0) is 64.0 Å². The largest absolute Gasteiger partial charge is 0.486 e. The van der Waals surface area contributed by atoms with Crippen LogP contribution in [0.3, 0.4) is 0 Å². The molecule has 116 valence electrons. The lowest BCUT2D eigenvalue weighted by atomic mass is 9.78. The average Bonchev–Trinajstić information content (AvgIpc) is 2.88. The second-order valence-electron chi connectivity index (χ2n) is 6.56. The van der Waals surface area contributed by atoms with Crippen molar-refractivity contribution >= 4 is 0 Å². The fourth-order valence-electron chi connectivity index (χ4n) is 3.50. The Balaban J connectivity index is 1.71. The van der Waals surface area contributed by atoms with Crippen LogP contribution in [-0.4, -0.2) is 54.4 Å². The molecule has 0 bridgehead atoms. The van der Waals surface area contributed by atoms with Crippen molar-refractivity contribution in [1.29, 1.82) is 0 Å². The Hall–Kier alpha value is -1.17. The Labute approximate surface area is 126 Å². The molecular formula is C16H25N3O2. The van der Waals surface area contributed by atoms with Gasteiger partial charge in [0.2, 0.25) is 0 Å². The Morgan fingerprint density at radius 3 is 2.86 bits per heavy atom. The molecule has 4 atom stereocenters. The fourth-order valence-corrected chi connectivity index (χ4v) is 3.50. The first-order valence-corrected chi connectivity index (χ1v) is 7.77. The summed E-state index contributed by atoms with van der Waals surface area (Å²) in [5.41, 5.74) is 0.932. The molecule has 1 aliphatic heterocycles. The lowest BCUT2D eigenvalue weighted by molar-refractivity contribution is -0.0239. The van der Waals surface area contributed by atoms with E-state index in [4.69, 9.17) is 4.74 Å². The van der Waals surface area contributed by atoms with Crippen molar-refractivity contribution in [3.8, 4) is 5.75 Å². The van der Waals surface area contributed by atoms with Gasteiger partial charge in [-0.1, -0.05) is 0 Å². The molecule has 0 aromatic carbocycles. The Bertz CT molecular complexity index is 480. The third-order valence-corrected chi connectivity index (χ3v) is 4.58. The van der Waals surface area contributed by atoms with E-state index in [1.807, 2.05) is 26.2 Å². The van der Waals surface area contributed by atoms with E-state index in [9.17, 15) is 5.11 Å². The van der Waals surface area contributed by atoms with Gasteiger partial charge < -0.3 is 20.1 Å². The molecule has 3 rings (SSSR count). The number of nitrogens with one attached hydrogen (secondary N) is 1. The van der Waals surface area contributed by atoms with E-state index < -0.39 is 0 Å². The monoisotopic (exact) mass is 291 g/mol. The van der Waals surface area contributed by atoms with Gasteiger partial charge in [-0.25, -0.2) is 0 Å². The first-order chi connectivity index (χ1) is 10.1. The van der Waals surface area contributed by atoms with Gasteiger partial charge in [-0.2, -0.15) is 0 Å². The van der Waals surface area contributed by atoms with Crippen molar-refractivity contribution in [2.45, 2.75) is 31.6 Å². The molecule has 0 unspecified atom stereocenters. The molecule has 1 aliphatic carbocycles. The van der Waals surface area contributed by atoms with Crippen molar-refractivity contribution in [2.24, 2.45) is 11.8 Å². The lowest BCUT2D eigenvalue weighted by Gasteiger charge is -2.35. The maximum Gasteiger partial charge on any atom is 0.142 e. The maximum absolute atomic E-state index is 10.4. The van der Waals surface area contributed by atoms with Crippen molar-refractivity contribution in [3.05, 3.63) is 24.0 Å². The van der Waals surface area contributed by atoms with Gasteiger partial charge in [0.25, 0.3) is 0 Å². The Morgan fingerprint density at radius 2 is 2.10 bits per heavy atom. The smallest absolute Gasteiger partial charge is 0.142 e. The predicted molar refractivity (Wildman–Crippen MR) is 81.1 cm³/mol. The molecule has 2 heterocycles. The highest BCUT2D eigenvalue weighted by molar-refractivity contribution is 5.27. The van der Waals surface area contributed by atoms with Gasteiger partial charge in [-0.3, -0.25) is 4.98 Å². The summed E-state index contributed by atoms with van der Waals surface area (Å²) < 4.78 is 6.14. The topological polar surface area (TPSA) is 57.6 Å². The van der Waals surface area contributed by atoms with E-state index in [-0.39, 0.29) is 12.2 Å². The number of aliphatic hydroxyl groups excluding tert-OH is 1. The van der Waals surface area contributed by atoms with E-state index in [0.29, 0.717) is 11.8 Å². The van der Waals surface area contributed by atoms with Gasteiger partial charge in [0.1, 0.15) is 11.9 Å². The summed E-state index contributed by atoms with van der Waals surface area (Å²) in [6.07, 6.45) is 3.07. The first kappa shape index (κ1) is 14.8. The molecule has 2 aliphatic rings. The molecule has 5 heteroatoms. The average molecular weight is 291 g/mol. The number of hydrogen-bond acceptors (Lipinski definition) is 5. The zero-order chi connectivity index (χ0) is 14.8. The summed E-state index contributed by atoms with van der Waals surface area (Å²) in [5.74, 6) is 2.04. The Kier molecular flexibility index (Phi) is 4.42. The van der Waals surface area contributed by atoms with Crippen LogP contribution in [-0.2, 0) is 6.54 Å². The van der Waals surface area contributed by atoms with Gasteiger partial charge >= 0.3 is 0 Å². The third kappa shape index (κ3) is 3.36. The zero-order valence-corrected chi connectivity index (χ0v) is 12.8.